The zero-order valence-corrected chi connectivity index (χ0v) is 13.6. The molecule has 2 aromatic rings. The van der Waals surface area contributed by atoms with Crippen molar-refractivity contribution < 1.29 is 9.59 Å². The average molecular weight is 323 g/mol. The lowest BCUT2D eigenvalue weighted by Crippen LogP contribution is -2.48. The van der Waals surface area contributed by atoms with E-state index in [2.05, 4.69) is 16.0 Å². The molecule has 0 spiro atoms. The van der Waals surface area contributed by atoms with Gasteiger partial charge in [0.05, 0.1) is 11.4 Å². The molecule has 0 aromatic heterocycles. The average Bonchev–Trinajstić information content (AvgIpc) is 2.55. The zero-order valence-electron chi connectivity index (χ0n) is 13.6. The monoisotopic (exact) mass is 323 g/mol. The van der Waals surface area contributed by atoms with Crippen LogP contribution in [0.1, 0.15) is 17.3 Å². The molecule has 3 rings (SSSR count). The number of hydrogen-bond acceptors (Lipinski definition) is 3. The minimum absolute atomic E-state index is 0.0251. The molecule has 24 heavy (non-hydrogen) atoms. The third-order valence-electron chi connectivity index (χ3n) is 4.40. The van der Waals surface area contributed by atoms with E-state index in [1.165, 1.54) is 0 Å². The third kappa shape index (κ3) is 3.63. The first-order chi connectivity index (χ1) is 11.6. The van der Waals surface area contributed by atoms with Crippen molar-refractivity contribution in [1.29, 1.82) is 0 Å². The van der Waals surface area contributed by atoms with E-state index in [-0.39, 0.29) is 17.7 Å². The standard InChI is InChI=1S/C19H21N3O2/c1-13(15-11-20-12-15)18(23)21-16-9-5-6-10-17(16)22-19(24)14-7-3-2-4-8-14/h2-10,13,15,20H,11-12H2,1H3,(H,21,23)(H,22,24). The lowest BCUT2D eigenvalue weighted by Gasteiger charge is -2.31. The van der Waals surface area contributed by atoms with E-state index in [1.54, 1.807) is 24.3 Å². The van der Waals surface area contributed by atoms with Gasteiger partial charge in [0, 0.05) is 11.5 Å². The van der Waals surface area contributed by atoms with Crippen LogP contribution in [-0.2, 0) is 4.79 Å². The smallest absolute Gasteiger partial charge is 0.255 e. The number of benzene rings is 2. The summed E-state index contributed by atoms with van der Waals surface area (Å²) in [6.45, 7) is 3.69. The molecule has 0 aliphatic carbocycles. The molecule has 5 nitrogen and oxygen atoms in total. The van der Waals surface area contributed by atoms with Gasteiger partial charge >= 0.3 is 0 Å². The SMILES string of the molecule is CC(C(=O)Nc1ccccc1NC(=O)c1ccccc1)C1CNC1. The van der Waals surface area contributed by atoms with Crippen LogP contribution in [0.4, 0.5) is 11.4 Å². The van der Waals surface area contributed by atoms with Crippen molar-refractivity contribution in [2.75, 3.05) is 23.7 Å². The summed E-state index contributed by atoms with van der Waals surface area (Å²) in [7, 11) is 0. The van der Waals surface area contributed by atoms with Gasteiger partial charge in [-0.1, -0.05) is 37.3 Å². The Bertz CT molecular complexity index is 726. The minimum Gasteiger partial charge on any atom is -0.324 e. The number of hydrogen-bond donors (Lipinski definition) is 3. The van der Waals surface area contributed by atoms with Crippen molar-refractivity contribution in [3.8, 4) is 0 Å². The Morgan fingerprint density at radius 2 is 1.54 bits per heavy atom. The first kappa shape index (κ1) is 16.2. The number of para-hydroxylation sites is 2. The zero-order chi connectivity index (χ0) is 16.9. The van der Waals surface area contributed by atoms with Crippen LogP contribution < -0.4 is 16.0 Å². The molecule has 0 radical (unpaired) electrons. The van der Waals surface area contributed by atoms with Gasteiger partial charge in [0.15, 0.2) is 0 Å². The normalized spacial score (nSPS) is 15.2. The van der Waals surface area contributed by atoms with Crippen LogP contribution in [0.15, 0.2) is 54.6 Å². The van der Waals surface area contributed by atoms with Gasteiger partial charge in [-0.05, 0) is 43.3 Å². The second kappa shape index (κ2) is 7.27. The van der Waals surface area contributed by atoms with Gasteiger partial charge < -0.3 is 16.0 Å². The Labute approximate surface area is 141 Å². The van der Waals surface area contributed by atoms with E-state index in [4.69, 9.17) is 0 Å². The second-order valence-electron chi connectivity index (χ2n) is 6.06. The summed E-state index contributed by atoms with van der Waals surface area (Å²) in [4.78, 5) is 24.7. The largest absolute Gasteiger partial charge is 0.324 e. The highest BCUT2D eigenvalue weighted by molar-refractivity contribution is 6.07. The molecular weight excluding hydrogens is 302 g/mol. The van der Waals surface area contributed by atoms with Crippen LogP contribution in [0.3, 0.4) is 0 Å². The Balaban J connectivity index is 1.71. The fourth-order valence-electron chi connectivity index (χ4n) is 2.61. The third-order valence-corrected chi connectivity index (χ3v) is 4.40. The minimum atomic E-state index is -0.200. The molecule has 1 fully saturated rings. The molecule has 1 aliphatic heterocycles. The fraction of sp³-hybridized carbons (Fsp3) is 0.263. The number of nitrogens with one attached hydrogen (secondary N) is 3. The fourth-order valence-corrected chi connectivity index (χ4v) is 2.61. The molecule has 0 saturated carbocycles. The van der Waals surface area contributed by atoms with Crippen molar-refractivity contribution in [1.82, 2.24) is 5.32 Å². The van der Waals surface area contributed by atoms with Gasteiger partial charge in [-0.15, -0.1) is 0 Å². The predicted octanol–water partition coefficient (Wildman–Crippen LogP) is 2.73. The highest BCUT2D eigenvalue weighted by Crippen LogP contribution is 2.24. The molecule has 3 N–H and O–H groups in total. The molecule has 1 saturated heterocycles. The lowest BCUT2D eigenvalue weighted by atomic mass is 9.88. The van der Waals surface area contributed by atoms with Crippen molar-refractivity contribution >= 4 is 23.2 Å². The molecule has 2 amide bonds. The molecule has 0 bridgehead atoms. The van der Waals surface area contributed by atoms with Crippen LogP contribution in [0.5, 0.6) is 0 Å². The summed E-state index contributed by atoms with van der Waals surface area (Å²) < 4.78 is 0. The summed E-state index contributed by atoms with van der Waals surface area (Å²) in [5.74, 6) is 0.0802. The van der Waals surface area contributed by atoms with Crippen LogP contribution in [0.25, 0.3) is 0 Å². The maximum Gasteiger partial charge on any atom is 0.255 e. The quantitative estimate of drug-likeness (QED) is 0.792. The summed E-state index contributed by atoms with van der Waals surface area (Å²) in [6, 6.07) is 16.2. The Kier molecular flexibility index (Phi) is 4.91. The number of amides is 2. The molecule has 1 aliphatic rings. The van der Waals surface area contributed by atoms with Gasteiger partial charge in [0.1, 0.15) is 0 Å². The van der Waals surface area contributed by atoms with Gasteiger partial charge in [0.2, 0.25) is 5.91 Å². The number of rotatable bonds is 5. The number of carbonyl (C=O) groups is 2. The van der Waals surface area contributed by atoms with E-state index >= 15 is 0 Å². The van der Waals surface area contributed by atoms with Crippen molar-refractivity contribution in [2.45, 2.75) is 6.92 Å². The Hall–Kier alpha value is -2.66. The summed E-state index contributed by atoms with van der Waals surface area (Å²) in [5.41, 5.74) is 1.79. The van der Waals surface area contributed by atoms with Gasteiger partial charge in [-0.25, -0.2) is 0 Å². The van der Waals surface area contributed by atoms with Crippen LogP contribution in [-0.4, -0.2) is 24.9 Å². The lowest BCUT2D eigenvalue weighted by molar-refractivity contribution is -0.121. The summed E-state index contributed by atoms with van der Waals surface area (Å²) in [5, 5.41) is 8.98. The highest BCUT2D eigenvalue weighted by Gasteiger charge is 2.29. The van der Waals surface area contributed by atoms with Crippen LogP contribution >= 0.6 is 0 Å². The summed E-state index contributed by atoms with van der Waals surface area (Å²) >= 11 is 0. The first-order valence-electron chi connectivity index (χ1n) is 8.12. The van der Waals surface area contributed by atoms with E-state index in [0.717, 1.165) is 13.1 Å². The molecule has 1 atom stereocenters. The van der Waals surface area contributed by atoms with E-state index in [1.807, 2.05) is 37.3 Å². The molecule has 2 aromatic carbocycles. The second-order valence-corrected chi connectivity index (χ2v) is 6.06. The molecule has 124 valence electrons. The maximum absolute atomic E-state index is 12.4. The Morgan fingerprint density at radius 3 is 2.12 bits per heavy atom. The highest BCUT2D eigenvalue weighted by atomic mass is 16.2. The number of carbonyl (C=O) groups excluding carboxylic acids is 2. The van der Waals surface area contributed by atoms with E-state index in [0.29, 0.717) is 22.9 Å². The molecule has 5 heteroatoms. The van der Waals surface area contributed by atoms with Gasteiger partial charge in [-0.2, -0.15) is 0 Å². The molecular formula is C19H21N3O2. The van der Waals surface area contributed by atoms with Crippen molar-refractivity contribution in [3.63, 3.8) is 0 Å². The van der Waals surface area contributed by atoms with Gasteiger partial charge in [0.25, 0.3) is 5.91 Å². The predicted molar refractivity (Wildman–Crippen MR) is 95.0 cm³/mol. The molecule has 1 heterocycles. The van der Waals surface area contributed by atoms with Crippen LogP contribution in [0, 0.1) is 11.8 Å². The Morgan fingerprint density at radius 1 is 0.958 bits per heavy atom. The van der Waals surface area contributed by atoms with Crippen LogP contribution in [0.2, 0.25) is 0 Å². The van der Waals surface area contributed by atoms with Crippen molar-refractivity contribution in [2.24, 2.45) is 11.8 Å². The topological polar surface area (TPSA) is 70.2 Å². The maximum atomic E-state index is 12.4. The van der Waals surface area contributed by atoms with Gasteiger partial charge in [-0.3, -0.25) is 9.59 Å². The van der Waals surface area contributed by atoms with Crippen molar-refractivity contribution in [3.05, 3.63) is 60.2 Å². The molecule has 1 unspecified atom stereocenters. The number of anilines is 2. The van der Waals surface area contributed by atoms with E-state index < -0.39 is 0 Å². The summed E-state index contributed by atoms with van der Waals surface area (Å²) in [6.07, 6.45) is 0. The van der Waals surface area contributed by atoms with E-state index in [9.17, 15) is 9.59 Å². The first-order valence-corrected chi connectivity index (χ1v) is 8.12.